The topological polar surface area (TPSA) is 74.7 Å². The van der Waals surface area contributed by atoms with Crippen LogP contribution in [0.1, 0.15) is 16.8 Å². The molecule has 86 valence electrons. The van der Waals surface area contributed by atoms with Gasteiger partial charge in [0.15, 0.2) is 0 Å². The third-order valence-electron chi connectivity index (χ3n) is 2.55. The first-order valence-corrected chi connectivity index (χ1v) is 6.30. The van der Waals surface area contributed by atoms with Gasteiger partial charge in [-0.1, -0.05) is 12.1 Å². The van der Waals surface area contributed by atoms with Crippen molar-refractivity contribution in [2.24, 2.45) is 0 Å². The first kappa shape index (κ1) is 11.1. The largest absolute Gasteiger partial charge is 0.478 e. The van der Waals surface area contributed by atoms with Gasteiger partial charge in [0.25, 0.3) is 0 Å². The predicted octanol–water partition coefficient (Wildman–Crippen LogP) is 0.779. The summed E-state index contributed by atoms with van der Waals surface area (Å²) >= 11 is 0. The molecule has 1 aromatic rings. The molecule has 1 aromatic carbocycles. The molecule has 0 bridgehead atoms. The number of nitrogens with zero attached hydrogens (tertiary/aromatic N) is 1. The van der Waals surface area contributed by atoms with Crippen molar-refractivity contribution in [3.63, 3.8) is 0 Å². The van der Waals surface area contributed by atoms with Crippen LogP contribution in [0.4, 0.5) is 0 Å². The van der Waals surface area contributed by atoms with E-state index in [0.717, 1.165) is 6.42 Å². The maximum Gasteiger partial charge on any atom is 0.337 e. The van der Waals surface area contributed by atoms with Gasteiger partial charge in [-0.05, 0) is 18.6 Å². The fraction of sp³-hybridized carbons (Fsp3) is 0.300. The van der Waals surface area contributed by atoms with E-state index in [9.17, 15) is 13.2 Å². The summed E-state index contributed by atoms with van der Waals surface area (Å²) in [6, 6.07) is 5.67. The van der Waals surface area contributed by atoms with Crippen molar-refractivity contribution in [3.05, 3.63) is 29.8 Å². The summed E-state index contributed by atoms with van der Waals surface area (Å²) in [4.78, 5) is 10.8. The zero-order chi connectivity index (χ0) is 11.8. The molecule has 1 fully saturated rings. The maximum atomic E-state index is 12.0. The molecule has 1 saturated heterocycles. The van der Waals surface area contributed by atoms with Crippen LogP contribution in [0.15, 0.2) is 29.2 Å². The van der Waals surface area contributed by atoms with E-state index in [1.165, 1.54) is 28.6 Å². The highest BCUT2D eigenvalue weighted by Crippen LogP contribution is 2.23. The Kier molecular flexibility index (Phi) is 2.69. The second-order valence-electron chi connectivity index (χ2n) is 3.56. The second-order valence-corrected chi connectivity index (χ2v) is 5.47. The Balaban J connectivity index is 2.51. The summed E-state index contributed by atoms with van der Waals surface area (Å²) in [7, 11) is -3.63. The maximum absolute atomic E-state index is 12.0. The average Bonchev–Trinajstić information content (AvgIpc) is 2.14. The van der Waals surface area contributed by atoms with Crippen LogP contribution < -0.4 is 0 Å². The van der Waals surface area contributed by atoms with Crippen LogP contribution in [-0.2, 0) is 10.0 Å². The third kappa shape index (κ3) is 1.70. The van der Waals surface area contributed by atoms with Gasteiger partial charge >= 0.3 is 5.97 Å². The van der Waals surface area contributed by atoms with Crippen LogP contribution in [0.5, 0.6) is 0 Å². The van der Waals surface area contributed by atoms with E-state index in [0.29, 0.717) is 13.1 Å². The number of carboxylic acids is 1. The van der Waals surface area contributed by atoms with Gasteiger partial charge in [-0.15, -0.1) is 0 Å². The van der Waals surface area contributed by atoms with Crippen LogP contribution in [0.2, 0.25) is 0 Å². The highest BCUT2D eigenvalue weighted by molar-refractivity contribution is 7.89. The fourth-order valence-electron chi connectivity index (χ4n) is 1.53. The molecule has 0 radical (unpaired) electrons. The number of hydrogen-bond donors (Lipinski definition) is 1. The minimum absolute atomic E-state index is 0.123. The Morgan fingerprint density at radius 3 is 2.38 bits per heavy atom. The minimum atomic E-state index is -3.63. The monoisotopic (exact) mass is 241 g/mol. The SMILES string of the molecule is O=C(O)c1ccccc1S(=O)(=O)N1CCC1. The van der Waals surface area contributed by atoms with Crippen molar-refractivity contribution in [3.8, 4) is 0 Å². The molecular weight excluding hydrogens is 230 g/mol. The smallest absolute Gasteiger partial charge is 0.337 e. The number of benzene rings is 1. The molecule has 0 saturated carbocycles. The van der Waals surface area contributed by atoms with Gasteiger partial charge in [0.05, 0.1) is 10.5 Å². The number of sulfonamides is 1. The Morgan fingerprint density at radius 1 is 1.25 bits per heavy atom. The number of carbonyl (C=O) groups is 1. The van der Waals surface area contributed by atoms with E-state index in [2.05, 4.69) is 0 Å². The number of rotatable bonds is 3. The van der Waals surface area contributed by atoms with Crippen LogP contribution in [0.3, 0.4) is 0 Å². The molecule has 2 rings (SSSR count). The number of carboxylic acid groups (broad SMARTS) is 1. The molecule has 0 atom stereocenters. The average molecular weight is 241 g/mol. The molecule has 5 nitrogen and oxygen atoms in total. The van der Waals surface area contributed by atoms with Crippen LogP contribution in [-0.4, -0.2) is 36.9 Å². The van der Waals surface area contributed by atoms with E-state index >= 15 is 0 Å². The zero-order valence-corrected chi connectivity index (χ0v) is 9.27. The molecule has 1 heterocycles. The summed E-state index contributed by atoms with van der Waals surface area (Å²) in [6.07, 6.45) is 0.828. The Bertz CT molecular complexity index is 519. The van der Waals surface area contributed by atoms with Gasteiger partial charge in [-0.25, -0.2) is 13.2 Å². The Labute approximate surface area is 93.4 Å². The molecular formula is C10H11NO4S. The summed E-state index contributed by atoms with van der Waals surface area (Å²) in [5.41, 5.74) is -0.172. The summed E-state index contributed by atoms with van der Waals surface area (Å²) in [6.45, 7) is 0.937. The van der Waals surface area contributed by atoms with Gasteiger partial charge < -0.3 is 5.11 Å². The molecule has 0 amide bonds. The zero-order valence-electron chi connectivity index (χ0n) is 8.46. The van der Waals surface area contributed by atoms with E-state index < -0.39 is 16.0 Å². The van der Waals surface area contributed by atoms with Crippen LogP contribution >= 0.6 is 0 Å². The molecule has 1 aliphatic rings. The van der Waals surface area contributed by atoms with Crippen molar-refractivity contribution in [1.82, 2.24) is 4.31 Å². The van der Waals surface area contributed by atoms with E-state index in [4.69, 9.17) is 5.11 Å². The lowest BCUT2D eigenvalue weighted by Gasteiger charge is -2.30. The molecule has 0 aliphatic carbocycles. The molecule has 6 heteroatoms. The van der Waals surface area contributed by atoms with E-state index in [-0.39, 0.29) is 10.5 Å². The number of hydrogen-bond acceptors (Lipinski definition) is 3. The molecule has 0 unspecified atom stereocenters. The molecule has 0 spiro atoms. The van der Waals surface area contributed by atoms with Crippen molar-refractivity contribution in [2.45, 2.75) is 11.3 Å². The molecule has 1 aliphatic heterocycles. The van der Waals surface area contributed by atoms with Crippen molar-refractivity contribution >= 4 is 16.0 Å². The van der Waals surface area contributed by atoms with Gasteiger partial charge in [0, 0.05) is 13.1 Å². The van der Waals surface area contributed by atoms with Crippen molar-refractivity contribution < 1.29 is 18.3 Å². The lowest BCUT2D eigenvalue weighted by molar-refractivity contribution is 0.0692. The lowest BCUT2D eigenvalue weighted by atomic mass is 10.2. The van der Waals surface area contributed by atoms with Crippen LogP contribution in [0, 0.1) is 0 Å². The Hall–Kier alpha value is -1.40. The van der Waals surface area contributed by atoms with Gasteiger partial charge in [0.2, 0.25) is 10.0 Å². The second kappa shape index (κ2) is 3.88. The van der Waals surface area contributed by atoms with Gasteiger partial charge in [-0.2, -0.15) is 4.31 Å². The quantitative estimate of drug-likeness (QED) is 0.848. The molecule has 16 heavy (non-hydrogen) atoms. The minimum Gasteiger partial charge on any atom is -0.478 e. The fourth-order valence-corrected chi connectivity index (χ4v) is 3.24. The highest BCUT2D eigenvalue weighted by Gasteiger charge is 2.32. The van der Waals surface area contributed by atoms with Crippen LogP contribution in [0.25, 0.3) is 0 Å². The summed E-state index contributed by atoms with van der Waals surface area (Å²) in [5.74, 6) is -1.22. The number of aromatic carboxylic acids is 1. The Morgan fingerprint density at radius 2 is 1.88 bits per heavy atom. The standard InChI is InChI=1S/C10H11NO4S/c12-10(13)8-4-1-2-5-9(8)16(14,15)11-6-3-7-11/h1-2,4-5H,3,6-7H2,(H,12,13). The van der Waals surface area contributed by atoms with Gasteiger partial charge in [-0.3, -0.25) is 0 Å². The third-order valence-corrected chi connectivity index (χ3v) is 4.51. The first-order chi connectivity index (χ1) is 7.53. The lowest BCUT2D eigenvalue weighted by Crippen LogP contribution is -2.42. The predicted molar refractivity (Wildman–Crippen MR) is 56.8 cm³/mol. The van der Waals surface area contributed by atoms with Crippen molar-refractivity contribution in [2.75, 3.05) is 13.1 Å². The van der Waals surface area contributed by atoms with Gasteiger partial charge in [0.1, 0.15) is 0 Å². The van der Waals surface area contributed by atoms with Crippen molar-refractivity contribution in [1.29, 1.82) is 0 Å². The van der Waals surface area contributed by atoms with E-state index in [1.54, 1.807) is 0 Å². The molecule has 0 aromatic heterocycles. The highest BCUT2D eigenvalue weighted by atomic mass is 32.2. The molecule has 1 N–H and O–H groups in total. The summed E-state index contributed by atoms with van der Waals surface area (Å²) < 4.78 is 25.3. The summed E-state index contributed by atoms with van der Waals surface area (Å²) in [5, 5.41) is 8.92. The normalized spacial score (nSPS) is 16.8. The van der Waals surface area contributed by atoms with E-state index in [1.807, 2.05) is 0 Å². The first-order valence-electron chi connectivity index (χ1n) is 4.86.